The van der Waals surface area contributed by atoms with Gasteiger partial charge in [-0.3, -0.25) is 4.79 Å². The molecule has 0 saturated heterocycles. The molecule has 2 rings (SSSR count). The van der Waals surface area contributed by atoms with E-state index in [4.69, 9.17) is 0 Å². The summed E-state index contributed by atoms with van der Waals surface area (Å²) in [6, 6.07) is 4.64. The number of carbonyl (C=O) groups is 1. The maximum atomic E-state index is 13.2. The van der Waals surface area contributed by atoms with Gasteiger partial charge in [0.15, 0.2) is 11.6 Å². The second kappa shape index (κ2) is 6.28. The van der Waals surface area contributed by atoms with E-state index in [0.717, 1.165) is 12.1 Å². The van der Waals surface area contributed by atoms with Crippen LogP contribution in [0.15, 0.2) is 24.3 Å². The van der Waals surface area contributed by atoms with Gasteiger partial charge in [-0.15, -0.1) is 0 Å². The molecule has 7 heteroatoms. The number of halogens is 2. The Bertz CT molecular complexity index is 741. The number of anilines is 2. The van der Waals surface area contributed by atoms with Gasteiger partial charge < -0.3 is 10.6 Å². The normalized spacial score (nSPS) is 11.2. The number of nitrogens with zero attached hydrogens (tertiary/aromatic N) is 2. The smallest absolute Gasteiger partial charge is 0.274 e. The molecule has 0 atom stereocenters. The summed E-state index contributed by atoms with van der Waals surface area (Å²) in [7, 11) is 0. The van der Waals surface area contributed by atoms with E-state index in [1.165, 1.54) is 12.1 Å². The van der Waals surface area contributed by atoms with Gasteiger partial charge in [-0.05, 0) is 39.8 Å². The number of hydrogen-bond acceptors (Lipinski definition) is 4. The van der Waals surface area contributed by atoms with Crippen LogP contribution in [-0.4, -0.2) is 21.4 Å². The van der Waals surface area contributed by atoms with Crippen molar-refractivity contribution in [1.29, 1.82) is 0 Å². The van der Waals surface area contributed by atoms with E-state index in [2.05, 4.69) is 20.6 Å². The molecule has 1 heterocycles. The fraction of sp³-hybridized carbons (Fsp3) is 0.312. The minimum Gasteiger partial charge on any atom is -0.365 e. The van der Waals surface area contributed by atoms with Crippen LogP contribution in [0.5, 0.6) is 0 Å². The molecule has 1 aromatic carbocycles. The quantitative estimate of drug-likeness (QED) is 0.908. The van der Waals surface area contributed by atoms with E-state index >= 15 is 0 Å². The molecule has 0 bridgehead atoms. The standard InChI is InChI=1S/C16H18F2N4O/c1-9-19-13(8-14(20-9)22-16(2,3)4)15(23)21-10-5-6-11(17)12(18)7-10/h5-8H,1-4H3,(H,21,23)(H,19,20,22). The number of aryl methyl sites for hydroxylation is 1. The Hall–Kier alpha value is -2.57. The molecule has 0 radical (unpaired) electrons. The SMILES string of the molecule is Cc1nc(NC(C)(C)C)cc(C(=O)Nc2ccc(F)c(F)c2)n1. The van der Waals surface area contributed by atoms with Gasteiger partial charge >= 0.3 is 0 Å². The number of rotatable bonds is 3. The molecule has 0 saturated carbocycles. The van der Waals surface area contributed by atoms with Gasteiger partial charge in [0.1, 0.15) is 17.3 Å². The highest BCUT2D eigenvalue weighted by atomic mass is 19.2. The molecule has 1 amide bonds. The maximum Gasteiger partial charge on any atom is 0.274 e. The summed E-state index contributed by atoms with van der Waals surface area (Å²) in [5, 5.41) is 5.64. The summed E-state index contributed by atoms with van der Waals surface area (Å²) in [5.74, 6) is -1.59. The molecular formula is C16H18F2N4O. The summed E-state index contributed by atoms with van der Waals surface area (Å²) >= 11 is 0. The van der Waals surface area contributed by atoms with Crippen molar-refractivity contribution in [2.24, 2.45) is 0 Å². The van der Waals surface area contributed by atoms with Crippen molar-refractivity contribution in [3.8, 4) is 0 Å². The monoisotopic (exact) mass is 320 g/mol. The first-order valence-corrected chi connectivity index (χ1v) is 7.04. The Morgan fingerprint density at radius 1 is 1.09 bits per heavy atom. The minimum atomic E-state index is -1.03. The molecule has 0 fully saturated rings. The van der Waals surface area contributed by atoms with Crippen molar-refractivity contribution in [2.45, 2.75) is 33.2 Å². The van der Waals surface area contributed by atoms with Crippen LogP contribution in [0, 0.1) is 18.6 Å². The fourth-order valence-corrected chi connectivity index (χ4v) is 1.90. The summed E-state index contributed by atoms with van der Waals surface area (Å²) < 4.78 is 26.1. The van der Waals surface area contributed by atoms with Gasteiger partial charge in [-0.25, -0.2) is 18.7 Å². The highest BCUT2D eigenvalue weighted by Gasteiger charge is 2.15. The third kappa shape index (κ3) is 4.70. The summed E-state index contributed by atoms with van der Waals surface area (Å²) in [6.45, 7) is 7.56. The molecule has 1 aromatic heterocycles. The fourth-order valence-electron chi connectivity index (χ4n) is 1.90. The average Bonchev–Trinajstić information content (AvgIpc) is 2.40. The van der Waals surface area contributed by atoms with Crippen molar-refractivity contribution >= 4 is 17.4 Å². The Morgan fingerprint density at radius 2 is 1.78 bits per heavy atom. The molecule has 23 heavy (non-hydrogen) atoms. The van der Waals surface area contributed by atoms with E-state index in [-0.39, 0.29) is 16.9 Å². The third-order valence-electron chi connectivity index (χ3n) is 2.75. The van der Waals surface area contributed by atoms with Gasteiger partial charge in [-0.1, -0.05) is 0 Å². The number of nitrogens with one attached hydrogen (secondary N) is 2. The van der Waals surface area contributed by atoms with E-state index in [0.29, 0.717) is 11.6 Å². The lowest BCUT2D eigenvalue weighted by Crippen LogP contribution is -2.27. The molecule has 5 nitrogen and oxygen atoms in total. The van der Waals surface area contributed by atoms with Crippen LogP contribution in [-0.2, 0) is 0 Å². The summed E-state index contributed by atoms with van der Waals surface area (Å²) in [6.07, 6.45) is 0. The van der Waals surface area contributed by atoms with Crippen LogP contribution in [0.4, 0.5) is 20.3 Å². The third-order valence-corrected chi connectivity index (χ3v) is 2.75. The lowest BCUT2D eigenvalue weighted by molar-refractivity contribution is 0.102. The van der Waals surface area contributed by atoms with Gasteiger partial charge in [-0.2, -0.15) is 0 Å². The van der Waals surface area contributed by atoms with Crippen LogP contribution < -0.4 is 10.6 Å². The largest absolute Gasteiger partial charge is 0.365 e. The average molecular weight is 320 g/mol. The predicted molar refractivity (Wildman–Crippen MR) is 84.5 cm³/mol. The zero-order chi connectivity index (χ0) is 17.2. The lowest BCUT2D eigenvalue weighted by atomic mass is 10.1. The Kier molecular flexibility index (Phi) is 4.58. The van der Waals surface area contributed by atoms with Crippen LogP contribution in [0.1, 0.15) is 37.1 Å². The van der Waals surface area contributed by atoms with Crippen LogP contribution in [0.25, 0.3) is 0 Å². The zero-order valence-corrected chi connectivity index (χ0v) is 13.4. The highest BCUT2D eigenvalue weighted by molar-refractivity contribution is 6.03. The van der Waals surface area contributed by atoms with Crippen LogP contribution in [0.2, 0.25) is 0 Å². The molecule has 122 valence electrons. The van der Waals surface area contributed by atoms with E-state index < -0.39 is 17.5 Å². The second-order valence-electron chi connectivity index (χ2n) is 6.14. The minimum absolute atomic E-state index is 0.133. The molecular weight excluding hydrogens is 302 g/mol. The van der Waals surface area contributed by atoms with Crippen molar-refractivity contribution in [2.75, 3.05) is 10.6 Å². The van der Waals surface area contributed by atoms with Gasteiger partial charge in [0.05, 0.1) is 0 Å². The molecule has 0 unspecified atom stereocenters. The number of amides is 1. The molecule has 0 aliphatic heterocycles. The first-order chi connectivity index (χ1) is 10.6. The van der Waals surface area contributed by atoms with Crippen molar-refractivity contribution in [1.82, 2.24) is 9.97 Å². The summed E-state index contributed by atoms with van der Waals surface area (Å²) in [5.41, 5.74) is 0.0544. The number of hydrogen-bond donors (Lipinski definition) is 2. The van der Waals surface area contributed by atoms with Crippen molar-refractivity contribution in [3.05, 3.63) is 47.4 Å². The van der Waals surface area contributed by atoms with Crippen molar-refractivity contribution < 1.29 is 13.6 Å². The maximum absolute atomic E-state index is 13.2. The van der Waals surface area contributed by atoms with Crippen molar-refractivity contribution in [3.63, 3.8) is 0 Å². The Labute approximate surface area is 133 Å². The first-order valence-electron chi connectivity index (χ1n) is 7.04. The zero-order valence-electron chi connectivity index (χ0n) is 13.4. The number of carbonyl (C=O) groups excluding carboxylic acids is 1. The van der Waals surface area contributed by atoms with Gasteiger partial charge in [0.2, 0.25) is 0 Å². The van der Waals surface area contributed by atoms with Crippen LogP contribution >= 0.6 is 0 Å². The van der Waals surface area contributed by atoms with Gasteiger partial charge in [0, 0.05) is 23.4 Å². The molecule has 0 aliphatic rings. The number of benzene rings is 1. The second-order valence-corrected chi connectivity index (χ2v) is 6.14. The molecule has 0 spiro atoms. The summed E-state index contributed by atoms with van der Waals surface area (Å²) in [4.78, 5) is 20.5. The number of aromatic nitrogens is 2. The topological polar surface area (TPSA) is 66.9 Å². The molecule has 2 aromatic rings. The van der Waals surface area contributed by atoms with E-state index in [1.807, 2.05) is 20.8 Å². The Balaban J connectivity index is 2.23. The van der Waals surface area contributed by atoms with Gasteiger partial charge in [0.25, 0.3) is 5.91 Å². The van der Waals surface area contributed by atoms with E-state index in [9.17, 15) is 13.6 Å². The lowest BCUT2D eigenvalue weighted by Gasteiger charge is -2.21. The Morgan fingerprint density at radius 3 is 2.39 bits per heavy atom. The molecule has 2 N–H and O–H groups in total. The van der Waals surface area contributed by atoms with E-state index in [1.54, 1.807) is 6.92 Å². The first kappa shape index (κ1) is 16.8. The predicted octanol–water partition coefficient (Wildman–Crippen LogP) is 3.53. The molecule has 0 aliphatic carbocycles. The van der Waals surface area contributed by atoms with Crippen LogP contribution in [0.3, 0.4) is 0 Å². The highest BCUT2D eigenvalue weighted by Crippen LogP contribution is 2.16.